The highest BCUT2D eigenvalue weighted by Crippen LogP contribution is 2.30. The maximum Gasteiger partial charge on any atom is 0.248 e. The van der Waals surface area contributed by atoms with Gasteiger partial charge in [0.05, 0.1) is 19.2 Å². The lowest BCUT2D eigenvalue weighted by atomic mass is 10.2. The fourth-order valence-electron chi connectivity index (χ4n) is 3.34. The minimum atomic E-state index is -3.68. The molecule has 0 bridgehead atoms. The molecule has 2 aromatic rings. The largest absolute Gasteiger partial charge is 0.495 e. The summed E-state index contributed by atoms with van der Waals surface area (Å²) in [5.74, 6) is 0.411. The summed E-state index contributed by atoms with van der Waals surface area (Å²) >= 11 is 6.07. The predicted molar refractivity (Wildman–Crippen MR) is 121 cm³/mol. The molecule has 0 aliphatic carbocycles. The number of nitrogens with zero attached hydrogens (tertiary/aromatic N) is 1. The van der Waals surface area contributed by atoms with E-state index in [1.807, 2.05) is 0 Å². The van der Waals surface area contributed by atoms with Gasteiger partial charge in [-0.3, -0.25) is 4.79 Å². The number of amides is 1. The van der Waals surface area contributed by atoms with Crippen molar-refractivity contribution in [3.8, 4) is 11.5 Å². The third-order valence-corrected chi connectivity index (χ3v) is 7.18. The van der Waals surface area contributed by atoms with Crippen LogP contribution in [0.5, 0.6) is 11.5 Å². The van der Waals surface area contributed by atoms with E-state index in [1.165, 1.54) is 30.7 Å². The second-order valence-electron chi connectivity index (χ2n) is 7.05. The van der Waals surface area contributed by atoms with Crippen LogP contribution < -0.4 is 14.8 Å². The van der Waals surface area contributed by atoms with Crippen LogP contribution in [0.15, 0.2) is 47.4 Å². The van der Waals surface area contributed by atoms with E-state index in [0.29, 0.717) is 35.1 Å². The molecule has 1 aliphatic heterocycles. The summed E-state index contributed by atoms with van der Waals surface area (Å²) in [7, 11) is -0.730. The molecule has 0 aromatic heterocycles. The molecule has 0 spiro atoms. The number of ether oxygens (including phenoxy) is 2. The van der Waals surface area contributed by atoms with Crippen LogP contribution in [0.2, 0.25) is 5.02 Å². The van der Waals surface area contributed by atoms with Crippen LogP contribution in [-0.2, 0) is 14.8 Å². The Bertz CT molecular complexity index is 1080. The highest BCUT2D eigenvalue weighted by molar-refractivity contribution is 7.89. The summed E-state index contributed by atoms with van der Waals surface area (Å²) in [6.45, 7) is 0.997. The van der Waals surface area contributed by atoms with Crippen LogP contribution in [0.25, 0.3) is 6.08 Å². The van der Waals surface area contributed by atoms with Gasteiger partial charge in [-0.2, -0.15) is 4.31 Å². The Labute approximate surface area is 187 Å². The van der Waals surface area contributed by atoms with E-state index in [-0.39, 0.29) is 16.6 Å². The number of piperidine rings is 1. The van der Waals surface area contributed by atoms with E-state index < -0.39 is 10.0 Å². The van der Waals surface area contributed by atoms with Crippen molar-refractivity contribution in [3.05, 3.63) is 53.1 Å². The predicted octanol–water partition coefficient (Wildman–Crippen LogP) is 4.18. The third-order valence-electron chi connectivity index (χ3n) is 4.97. The van der Waals surface area contributed by atoms with E-state index in [1.54, 1.807) is 36.4 Å². The SMILES string of the molecule is COc1ccc(NC(=O)/C=C/c2ccc(OC)c(S(=O)(=O)N3CCCCC3)c2)cc1Cl. The first-order valence-electron chi connectivity index (χ1n) is 9.86. The Morgan fingerprint density at radius 2 is 1.71 bits per heavy atom. The van der Waals surface area contributed by atoms with Crippen molar-refractivity contribution in [1.82, 2.24) is 4.31 Å². The minimum absolute atomic E-state index is 0.0985. The number of anilines is 1. The fraction of sp³-hybridized carbons (Fsp3) is 0.318. The van der Waals surface area contributed by atoms with E-state index in [2.05, 4.69) is 5.32 Å². The molecule has 9 heteroatoms. The maximum atomic E-state index is 13.1. The van der Waals surface area contributed by atoms with Gasteiger partial charge in [0.25, 0.3) is 0 Å². The summed E-state index contributed by atoms with van der Waals surface area (Å²) in [4.78, 5) is 12.4. The number of carbonyl (C=O) groups excluding carboxylic acids is 1. The van der Waals surface area contributed by atoms with Gasteiger partial charge in [-0.15, -0.1) is 0 Å². The van der Waals surface area contributed by atoms with Gasteiger partial charge in [0.15, 0.2) is 0 Å². The van der Waals surface area contributed by atoms with Gasteiger partial charge in [-0.1, -0.05) is 24.1 Å². The summed E-state index contributed by atoms with van der Waals surface area (Å²) in [5.41, 5.74) is 1.09. The average molecular weight is 465 g/mol. The number of sulfonamides is 1. The average Bonchev–Trinajstić information content (AvgIpc) is 2.78. The topological polar surface area (TPSA) is 84.9 Å². The zero-order valence-corrected chi connectivity index (χ0v) is 19.0. The first-order valence-corrected chi connectivity index (χ1v) is 11.7. The zero-order chi connectivity index (χ0) is 22.4. The second-order valence-corrected chi connectivity index (χ2v) is 9.36. The quantitative estimate of drug-likeness (QED) is 0.621. The Hall–Kier alpha value is -2.55. The van der Waals surface area contributed by atoms with Crippen LogP contribution >= 0.6 is 11.6 Å². The molecule has 31 heavy (non-hydrogen) atoms. The summed E-state index contributed by atoms with van der Waals surface area (Å²) in [5, 5.41) is 3.09. The van der Waals surface area contributed by atoms with Crippen molar-refractivity contribution < 1.29 is 22.7 Å². The molecule has 0 saturated carbocycles. The Kier molecular flexibility index (Phi) is 7.59. The molecule has 0 atom stereocenters. The highest BCUT2D eigenvalue weighted by atomic mass is 35.5. The molecule has 1 aliphatic rings. The van der Waals surface area contributed by atoms with Gasteiger partial charge in [-0.25, -0.2) is 8.42 Å². The van der Waals surface area contributed by atoms with Crippen LogP contribution in [0, 0.1) is 0 Å². The lowest BCUT2D eigenvalue weighted by Gasteiger charge is -2.26. The van der Waals surface area contributed by atoms with Gasteiger partial charge >= 0.3 is 0 Å². The minimum Gasteiger partial charge on any atom is -0.495 e. The third kappa shape index (κ3) is 5.58. The Morgan fingerprint density at radius 3 is 2.35 bits per heavy atom. The molecule has 1 N–H and O–H groups in total. The molecule has 1 fully saturated rings. The normalized spacial score (nSPS) is 15.1. The Morgan fingerprint density at radius 1 is 1.03 bits per heavy atom. The molecule has 0 radical (unpaired) electrons. The van der Waals surface area contributed by atoms with Gasteiger partial charge in [0, 0.05) is 24.9 Å². The molecule has 1 amide bonds. The van der Waals surface area contributed by atoms with Crippen molar-refractivity contribution in [3.63, 3.8) is 0 Å². The van der Waals surface area contributed by atoms with E-state index in [0.717, 1.165) is 19.3 Å². The molecule has 2 aromatic carbocycles. The number of rotatable bonds is 7. The van der Waals surface area contributed by atoms with Gasteiger partial charge < -0.3 is 14.8 Å². The Balaban J connectivity index is 1.78. The van der Waals surface area contributed by atoms with Crippen LogP contribution in [-0.4, -0.2) is 45.9 Å². The number of nitrogens with one attached hydrogen (secondary N) is 1. The molecule has 1 saturated heterocycles. The van der Waals surface area contributed by atoms with Crippen LogP contribution in [0.3, 0.4) is 0 Å². The molecule has 0 unspecified atom stereocenters. The number of carbonyl (C=O) groups is 1. The summed E-state index contributed by atoms with van der Waals surface area (Å²) in [6.07, 6.45) is 5.60. The first-order chi connectivity index (χ1) is 14.8. The number of methoxy groups -OCH3 is 2. The molecule has 166 valence electrons. The van der Waals surface area contributed by atoms with E-state index in [9.17, 15) is 13.2 Å². The fourth-order valence-corrected chi connectivity index (χ4v) is 5.31. The van der Waals surface area contributed by atoms with Crippen LogP contribution in [0.4, 0.5) is 5.69 Å². The van der Waals surface area contributed by atoms with Crippen molar-refractivity contribution in [2.45, 2.75) is 24.2 Å². The lowest BCUT2D eigenvalue weighted by molar-refractivity contribution is -0.111. The monoisotopic (exact) mass is 464 g/mol. The van der Waals surface area contributed by atoms with Gasteiger partial charge in [-0.05, 0) is 54.8 Å². The van der Waals surface area contributed by atoms with Crippen LogP contribution in [0.1, 0.15) is 24.8 Å². The zero-order valence-electron chi connectivity index (χ0n) is 17.4. The van der Waals surface area contributed by atoms with E-state index in [4.69, 9.17) is 21.1 Å². The molecule has 7 nitrogen and oxygen atoms in total. The summed E-state index contributed by atoms with van der Waals surface area (Å²) < 4.78 is 38.1. The first kappa shape index (κ1) is 23.1. The number of halogens is 1. The van der Waals surface area contributed by atoms with Gasteiger partial charge in [0.2, 0.25) is 15.9 Å². The molecular formula is C22H25ClN2O5S. The smallest absolute Gasteiger partial charge is 0.248 e. The maximum absolute atomic E-state index is 13.1. The molecular weight excluding hydrogens is 440 g/mol. The molecule has 3 rings (SSSR count). The van der Waals surface area contributed by atoms with E-state index >= 15 is 0 Å². The van der Waals surface area contributed by atoms with Crippen molar-refractivity contribution in [2.75, 3.05) is 32.6 Å². The van der Waals surface area contributed by atoms with Crippen molar-refractivity contribution in [1.29, 1.82) is 0 Å². The highest BCUT2D eigenvalue weighted by Gasteiger charge is 2.29. The van der Waals surface area contributed by atoms with Crippen molar-refractivity contribution in [2.24, 2.45) is 0 Å². The number of benzene rings is 2. The number of hydrogen-bond donors (Lipinski definition) is 1. The molecule has 1 heterocycles. The number of hydrogen-bond acceptors (Lipinski definition) is 5. The lowest BCUT2D eigenvalue weighted by Crippen LogP contribution is -2.35. The second kappa shape index (κ2) is 10.2. The standard InChI is InChI=1S/C22H25ClN2O5S/c1-29-19-10-8-17(15-18(19)23)24-22(26)11-7-16-6-9-20(30-2)21(14-16)31(27,28)25-12-4-3-5-13-25/h6-11,14-15H,3-5,12-13H2,1-2H3,(H,24,26)/b11-7+. The van der Waals surface area contributed by atoms with Gasteiger partial charge in [0.1, 0.15) is 16.4 Å². The summed E-state index contributed by atoms with van der Waals surface area (Å²) in [6, 6.07) is 9.73. The van der Waals surface area contributed by atoms with Crippen molar-refractivity contribution >= 4 is 39.3 Å².